The zero-order valence-electron chi connectivity index (χ0n) is 8.64. The Morgan fingerprint density at radius 3 is 3.00 bits per heavy atom. The van der Waals surface area contributed by atoms with Gasteiger partial charge in [-0.15, -0.1) is 0 Å². The fourth-order valence-corrected chi connectivity index (χ4v) is 1.31. The van der Waals surface area contributed by atoms with Crippen molar-refractivity contribution in [1.82, 2.24) is 9.97 Å². The van der Waals surface area contributed by atoms with Gasteiger partial charge in [0.1, 0.15) is 0 Å². The van der Waals surface area contributed by atoms with Crippen LogP contribution in [-0.2, 0) is 0 Å². The van der Waals surface area contributed by atoms with Crippen LogP contribution in [0.15, 0.2) is 30.5 Å². The Kier molecular flexibility index (Phi) is 2.78. The maximum absolute atomic E-state index is 5.63. The molecule has 0 amide bonds. The number of rotatable bonds is 3. The highest BCUT2D eigenvalue weighted by Crippen LogP contribution is 2.11. The lowest BCUT2D eigenvalue weighted by Gasteiger charge is -2.07. The average Bonchev–Trinajstić information content (AvgIpc) is 2.26. The highest BCUT2D eigenvalue weighted by atomic mass is 15.1. The molecule has 1 aromatic carbocycles. The molecule has 0 aliphatic carbocycles. The number of nitrogens with two attached hydrogens (primary N) is 1. The highest BCUT2D eigenvalue weighted by Gasteiger charge is 1.99. The van der Waals surface area contributed by atoms with Gasteiger partial charge in [0.15, 0.2) is 0 Å². The van der Waals surface area contributed by atoms with E-state index in [-0.39, 0.29) is 6.04 Å². The number of anilines is 1. The normalized spacial score (nSPS) is 12.7. The number of nitrogens with zero attached hydrogens (tertiary/aromatic N) is 2. The fourth-order valence-electron chi connectivity index (χ4n) is 1.31. The molecule has 2 rings (SSSR count). The summed E-state index contributed by atoms with van der Waals surface area (Å²) >= 11 is 0. The molecule has 1 atom stereocenters. The molecule has 3 N–H and O–H groups in total. The molecule has 1 heterocycles. The first-order valence-corrected chi connectivity index (χ1v) is 4.97. The summed E-state index contributed by atoms with van der Waals surface area (Å²) in [5.41, 5.74) is 6.58. The van der Waals surface area contributed by atoms with E-state index >= 15 is 0 Å². The van der Waals surface area contributed by atoms with Gasteiger partial charge in [-0.1, -0.05) is 18.2 Å². The molecule has 0 aliphatic rings. The van der Waals surface area contributed by atoms with Crippen molar-refractivity contribution in [2.45, 2.75) is 13.0 Å². The van der Waals surface area contributed by atoms with E-state index in [4.69, 9.17) is 5.73 Å². The van der Waals surface area contributed by atoms with Gasteiger partial charge in [0.2, 0.25) is 5.95 Å². The van der Waals surface area contributed by atoms with Crippen molar-refractivity contribution in [3.8, 4) is 0 Å². The Labute approximate surface area is 88.5 Å². The Balaban J connectivity index is 2.23. The van der Waals surface area contributed by atoms with Crippen LogP contribution in [0.2, 0.25) is 0 Å². The lowest BCUT2D eigenvalue weighted by Crippen LogP contribution is -2.25. The van der Waals surface area contributed by atoms with Crippen molar-refractivity contribution < 1.29 is 0 Å². The van der Waals surface area contributed by atoms with E-state index in [9.17, 15) is 0 Å². The summed E-state index contributed by atoms with van der Waals surface area (Å²) in [7, 11) is 0. The molecule has 1 aromatic heterocycles. The van der Waals surface area contributed by atoms with Gasteiger partial charge in [-0.2, -0.15) is 0 Å². The van der Waals surface area contributed by atoms with Gasteiger partial charge in [0.25, 0.3) is 0 Å². The van der Waals surface area contributed by atoms with E-state index in [2.05, 4.69) is 15.3 Å². The third-order valence-corrected chi connectivity index (χ3v) is 2.07. The highest BCUT2D eigenvalue weighted by molar-refractivity contribution is 5.78. The number of fused-ring (bicyclic) bond motifs is 1. The monoisotopic (exact) mass is 202 g/mol. The Morgan fingerprint density at radius 2 is 2.20 bits per heavy atom. The van der Waals surface area contributed by atoms with Crippen LogP contribution in [0.3, 0.4) is 0 Å². The van der Waals surface area contributed by atoms with Crippen molar-refractivity contribution in [3.63, 3.8) is 0 Å². The van der Waals surface area contributed by atoms with Crippen LogP contribution >= 0.6 is 0 Å². The third kappa shape index (κ3) is 2.41. The Morgan fingerprint density at radius 1 is 1.40 bits per heavy atom. The first-order chi connectivity index (χ1) is 7.25. The molecule has 0 saturated carbocycles. The summed E-state index contributed by atoms with van der Waals surface area (Å²) in [6.45, 7) is 2.62. The maximum atomic E-state index is 5.63. The van der Waals surface area contributed by atoms with Crippen molar-refractivity contribution in [3.05, 3.63) is 30.5 Å². The minimum Gasteiger partial charge on any atom is -0.353 e. The second-order valence-corrected chi connectivity index (χ2v) is 3.61. The number of hydrogen-bond acceptors (Lipinski definition) is 4. The SMILES string of the molecule is CC(N)CNc1ncc2ccccc2n1. The van der Waals surface area contributed by atoms with E-state index in [0.29, 0.717) is 12.5 Å². The predicted molar refractivity (Wildman–Crippen MR) is 61.7 cm³/mol. The van der Waals surface area contributed by atoms with E-state index in [1.165, 1.54) is 0 Å². The molecule has 1 unspecified atom stereocenters. The Bertz CT molecular complexity index is 453. The van der Waals surface area contributed by atoms with Crippen LogP contribution in [0.4, 0.5) is 5.95 Å². The quantitative estimate of drug-likeness (QED) is 0.789. The first kappa shape index (κ1) is 9.86. The molecule has 4 heteroatoms. The summed E-state index contributed by atoms with van der Waals surface area (Å²) in [4.78, 5) is 8.57. The molecule has 0 bridgehead atoms. The average molecular weight is 202 g/mol. The summed E-state index contributed by atoms with van der Waals surface area (Å²) in [6.07, 6.45) is 1.81. The number of aromatic nitrogens is 2. The van der Waals surface area contributed by atoms with Crippen LogP contribution in [0, 0.1) is 0 Å². The van der Waals surface area contributed by atoms with Gasteiger partial charge in [-0.25, -0.2) is 9.97 Å². The van der Waals surface area contributed by atoms with E-state index in [1.807, 2.05) is 37.4 Å². The molecule has 0 spiro atoms. The minimum atomic E-state index is 0.0973. The van der Waals surface area contributed by atoms with Crippen LogP contribution < -0.4 is 11.1 Å². The molecular weight excluding hydrogens is 188 g/mol. The Hall–Kier alpha value is -1.68. The lowest BCUT2D eigenvalue weighted by molar-refractivity contribution is 0.774. The molecule has 0 fully saturated rings. The van der Waals surface area contributed by atoms with E-state index < -0.39 is 0 Å². The molecule has 0 radical (unpaired) electrons. The zero-order chi connectivity index (χ0) is 10.7. The summed E-state index contributed by atoms with van der Waals surface area (Å²) < 4.78 is 0. The van der Waals surface area contributed by atoms with Gasteiger partial charge >= 0.3 is 0 Å². The molecule has 78 valence electrons. The van der Waals surface area contributed by atoms with Crippen molar-refractivity contribution in [2.24, 2.45) is 5.73 Å². The van der Waals surface area contributed by atoms with Gasteiger partial charge < -0.3 is 11.1 Å². The van der Waals surface area contributed by atoms with Gasteiger partial charge in [-0.3, -0.25) is 0 Å². The van der Waals surface area contributed by atoms with Crippen molar-refractivity contribution in [2.75, 3.05) is 11.9 Å². The summed E-state index contributed by atoms with van der Waals surface area (Å²) in [5, 5.41) is 4.13. The third-order valence-electron chi connectivity index (χ3n) is 2.07. The molecule has 2 aromatic rings. The lowest BCUT2D eigenvalue weighted by atomic mass is 10.2. The largest absolute Gasteiger partial charge is 0.353 e. The number of hydrogen-bond donors (Lipinski definition) is 2. The second kappa shape index (κ2) is 4.23. The summed E-state index contributed by atoms with van der Waals surface area (Å²) in [6, 6.07) is 7.99. The standard InChI is InChI=1S/C11H14N4/c1-8(12)6-13-11-14-7-9-4-2-3-5-10(9)15-11/h2-5,7-8H,6,12H2,1H3,(H,13,14,15). The van der Waals surface area contributed by atoms with Crippen molar-refractivity contribution >= 4 is 16.9 Å². The van der Waals surface area contributed by atoms with Gasteiger partial charge in [0, 0.05) is 24.2 Å². The fraction of sp³-hybridized carbons (Fsp3) is 0.273. The first-order valence-electron chi connectivity index (χ1n) is 4.97. The van der Waals surface area contributed by atoms with E-state index in [1.54, 1.807) is 0 Å². The van der Waals surface area contributed by atoms with Crippen LogP contribution in [0.25, 0.3) is 10.9 Å². The molecule has 4 nitrogen and oxygen atoms in total. The van der Waals surface area contributed by atoms with Crippen LogP contribution in [0.5, 0.6) is 0 Å². The van der Waals surface area contributed by atoms with Gasteiger partial charge in [-0.05, 0) is 13.0 Å². The molecule has 0 aliphatic heterocycles. The number of para-hydroxylation sites is 1. The van der Waals surface area contributed by atoms with Gasteiger partial charge in [0.05, 0.1) is 5.52 Å². The maximum Gasteiger partial charge on any atom is 0.223 e. The topological polar surface area (TPSA) is 63.8 Å². The minimum absolute atomic E-state index is 0.0973. The predicted octanol–water partition coefficient (Wildman–Crippen LogP) is 1.39. The van der Waals surface area contributed by atoms with E-state index in [0.717, 1.165) is 10.9 Å². The number of nitrogens with one attached hydrogen (secondary N) is 1. The smallest absolute Gasteiger partial charge is 0.223 e. The molecule has 0 saturated heterocycles. The van der Waals surface area contributed by atoms with Crippen molar-refractivity contribution in [1.29, 1.82) is 0 Å². The molecular formula is C11H14N4. The number of benzene rings is 1. The molecule has 15 heavy (non-hydrogen) atoms. The van der Waals surface area contributed by atoms with Crippen LogP contribution in [-0.4, -0.2) is 22.6 Å². The van der Waals surface area contributed by atoms with Crippen LogP contribution in [0.1, 0.15) is 6.92 Å². The second-order valence-electron chi connectivity index (χ2n) is 3.61. The summed E-state index contributed by atoms with van der Waals surface area (Å²) in [5.74, 6) is 0.631. The zero-order valence-corrected chi connectivity index (χ0v) is 8.64.